The van der Waals surface area contributed by atoms with Crippen LogP contribution in [0.15, 0.2) is 48.5 Å². The molecule has 5 heteroatoms. The molecule has 0 heterocycles. The summed E-state index contributed by atoms with van der Waals surface area (Å²) in [7, 11) is 3.23. The van der Waals surface area contributed by atoms with Gasteiger partial charge in [-0.2, -0.15) is 0 Å². The maximum absolute atomic E-state index is 13.1. The third kappa shape index (κ3) is 6.34. The van der Waals surface area contributed by atoms with Crippen LogP contribution in [-0.4, -0.2) is 36.9 Å². The highest BCUT2D eigenvalue weighted by Gasteiger charge is 2.27. The number of carbonyl (C=O) groups is 2. The predicted molar refractivity (Wildman–Crippen MR) is 116 cm³/mol. The van der Waals surface area contributed by atoms with E-state index in [2.05, 4.69) is 36.5 Å². The van der Waals surface area contributed by atoms with Gasteiger partial charge in [-0.1, -0.05) is 50.2 Å². The van der Waals surface area contributed by atoms with Gasteiger partial charge >= 0.3 is 0 Å². The van der Waals surface area contributed by atoms with E-state index < -0.39 is 6.04 Å². The number of benzene rings is 2. The average Bonchev–Trinajstić information content (AvgIpc) is 2.77. The lowest BCUT2D eigenvalue weighted by Crippen LogP contribution is -2.48. The number of nitrogens with one attached hydrogen (secondary N) is 1. The molecule has 1 atom stereocenters. The van der Waals surface area contributed by atoms with Crippen LogP contribution < -0.4 is 10.1 Å². The van der Waals surface area contributed by atoms with Crippen molar-refractivity contribution in [1.82, 2.24) is 10.2 Å². The molecule has 0 aliphatic carbocycles. The molecular formula is C24H32N2O3. The Balaban J connectivity index is 2.15. The smallest absolute Gasteiger partial charge is 0.242 e. The quantitative estimate of drug-likeness (QED) is 0.665. The number of hydrogen-bond donors (Lipinski definition) is 1. The monoisotopic (exact) mass is 396 g/mol. The van der Waals surface area contributed by atoms with Crippen molar-refractivity contribution >= 4 is 11.8 Å². The Hall–Kier alpha value is -2.82. The lowest BCUT2D eigenvalue weighted by molar-refractivity contribution is -0.141. The van der Waals surface area contributed by atoms with Gasteiger partial charge in [0.15, 0.2) is 0 Å². The molecule has 29 heavy (non-hydrogen) atoms. The van der Waals surface area contributed by atoms with E-state index in [1.807, 2.05) is 31.2 Å². The van der Waals surface area contributed by atoms with Crippen LogP contribution in [0.5, 0.6) is 5.75 Å². The van der Waals surface area contributed by atoms with Crippen LogP contribution in [0.2, 0.25) is 0 Å². The SMILES string of the molecule is CCc1ccc(CCC(=O)N(Cc2ccc(OC)cc2)[C@@H](CC)C(=O)NC)cc1. The van der Waals surface area contributed by atoms with Crippen molar-refractivity contribution in [3.8, 4) is 5.75 Å². The predicted octanol–water partition coefficient (Wildman–Crippen LogP) is 3.74. The van der Waals surface area contributed by atoms with Gasteiger partial charge in [0.2, 0.25) is 11.8 Å². The highest BCUT2D eigenvalue weighted by molar-refractivity contribution is 5.87. The van der Waals surface area contributed by atoms with Crippen LogP contribution in [-0.2, 0) is 29.0 Å². The van der Waals surface area contributed by atoms with Crippen molar-refractivity contribution in [2.24, 2.45) is 0 Å². The van der Waals surface area contributed by atoms with Gasteiger partial charge in [-0.05, 0) is 48.1 Å². The molecule has 2 aromatic carbocycles. The fraction of sp³-hybridized carbons (Fsp3) is 0.417. The summed E-state index contributed by atoms with van der Waals surface area (Å²) >= 11 is 0. The van der Waals surface area contributed by atoms with Crippen LogP contribution in [0.25, 0.3) is 0 Å². The van der Waals surface area contributed by atoms with Crippen LogP contribution >= 0.6 is 0 Å². The molecule has 0 spiro atoms. The van der Waals surface area contributed by atoms with Crippen molar-refractivity contribution in [2.75, 3.05) is 14.2 Å². The Morgan fingerprint density at radius 3 is 2.07 bits per heavy atom. The van der Waals surface area contributed by atoms with Crippen LogP contribution in [0.1, 0.15) is 43.4 Å². The maximum atomic E-state index is 13.1. The molecule has 0 aromatic heterocycles. The molecule has 0 saturated heterocycles. The maximum Gasteiger partial charge on any atom is 0.242 e. The number of nitrogens with zero attached hydrogens (tertiary/aromatic N) is 1. The van der Waals surface area contributed by atoms with E-state index in [1.54, 1.807) is 19.1 Å². The Morgan fingerprint density at radius 2 is 1.55 bits per heavy atom. The first kappa shape index (κ1) is 22.5. The number of likely N-dealkylation sites (N-methyl/N-ethyl adjacent to an activating group) is 1. The molecular weight excluding hydrogens is 364 g/mol. The summed E-state index contributed by atoms with van der Waals surface area (Å²) in [6.45, 7) is 4.44. The van der Waals surface area contributed by atoms with E-state index in [4.69, 9.17) is 4.74 Å². The molecule has 156 valence electrons. The van der Waals surface area contributed by atoms with Gasteiger partial charge in [0, 0.05) is 20.0 Å². The van der Waals surface area contributed by atoms with Crippen molar-refractivity contribution in [3.05, 3.63) is 65.2 Å². The minimum atomic E-state index is -0.489. The van der Waals surface area contributed by atoms with Crippen molar-refractivity contribution in [1.29, 1.82) is 0 Å². The largest absolute Gasteiger partial charge is 0.497 e. The molecule has 0 aliphatic rings. The molecule has 2 aromatic rings. The Labute approximate surface area is 174 Å². The third-order valence-electron chi connectivity index (χ3n) is 5.20. The van der Waals surface area contributed by atoms with E-state index in [0.29, 0.717) is 25.8 Å². The molecule has 2 amide bonds. The van der Waals surface area contributed by atoms with Gasteiger partial charge in [0.25, 0.3) is 0 Å². The van der Waals surface area contributed by atoms with E-state index >= 15 is 0 Å². The zero-order chi connectivity index (χ0) is 21.2. The lowest BCUT2D eigenvalue weighted by atomic mass is 10.0. The van der Waals surface area contributed by atoms with Crippen molar-refractivity contribution in [2.45, 2.75) is 52.1 Å². The first-order valence-electron chi connectivity index (χ1n) is 10.2. The van der Waals surface area contributed by atoms with E-state index in [9.17, 15) is 9.59 Å². The van der Waals surface area contributed by atoms with Crippen LogP contribution in [0.3, 0.4) is 0 Å². The lowest BCUT2D eigenvalue weighted by Gasteiger charge is -2.30. The van der Waals surface area contributed by atoms with Crippen molar-refractivity contribution in [3.63, 3.8) is 0 Å². The number of ether oxygens (including phenoxy) is 1. The second kappa shape index (κ2) is 11.2. The standard InChI is InChI=1S/C24H32N2O3/c1-5-18-7-9-19(10-8-18)13-16-23(27)26(22(6-2)24(28)25-3)17-20-11-14-21(29-4)15-12-20/h7-12,14-15,22H,5-6,13,16-17H2,1-4H3,(H,25,28)/t22-/m0/s1. The summed E-state index contributed by atoms with van der Waals surface area (Å²) < 4.78 is 5.21. The summed E-state index contributed by atoms with van der Waals surface area (Å²) in [5.74, 6) is 0.609. The first-order valence-corrected chi connectivity index (χ1v) is 10.2. The topological polar surface area (TPSA) is 58.6 Å². The number of methoxy groups -OCH3 is 1. The minimum absolute atomic E-state index is 0.0177. The highest BCUT2D eigenvalue weighted by atomic mass is 16.5. The zero-order valence-corrected chi connectivity index (χ0v) is 17.9. The number of hydrogen-bond acceptors (Lipinski definition) is 3. The first-order chi connectivity index (χ1) is 14.0. The van der Waals surface area contributed by atoms with Gasteiger partial charge in [0.1, 0.15) is 11.8 Å². The minimum Gasteiger partial charge on any atom is -0.497 e. The molecule has 0 saturated carbocycles. The summed E-state index contributed by atoms with van der Waals surface area (Å²) in [6.07, 6.45) is 2.59. The molecule has 0 aliphatic heterocycles. The Bertz CT molecular complexity index is 785. The number of aryl methyl sites for hydroxylation is 2. The zero-order valence-electron chi connectivity index (χ0n) is 17.9. The fourth-order valence-electron chi connectivity index (χ4n) is 3.35. The van der Waals surface area contributed by atoms with Gasteiger partial charge in [-0.15, -0.1) is 0 Å². The summed E-state index contributed by atoms with van der Waals surface area (Å²) in [4.78, 5) is 27.2. The van der Waals surface area contributed by atoms with Gasteiger partial charge in [-0.3, -0.25) is 9.59 Å². The van der Waals surface area contributed by atoms with Gasteiger partial charge < -0.3 is 15.0 Å². The molecule has 0 radical (unpaired) electrons. The molecule has 1 N–H and O–H groups in total. The molecule has 0 bridgehead atoms. The number of carbonyl (C=O) groups excluding carboxylic acids is 2. The summed E-state index contributed by atoms with van der Waals surface area (Å²) in [5, 5.41) is 2.69. The number of amides is 2. The molecule has 2 rings (SSSR count). The second-order valence-electron chi connectivity index (χ2n) is 7.08. The van der Waals surface area contributed by atoms with Crippen LogP contribution in [0.4, 0.5) is 0 Å². The van der Waals surface area contributed by atoms with Crippen molar-refractivity contribution < 1.29 is 14.3 Å². The Morgan fingerprint density at radius 1 is 0.966 bits per heavy atom. The normalized spacial score (nSPS) is 11.6. The fourth-order valence-corrected chi connectivity index (χ4v) is 3.35. The summed E-state index contributed by atoms with van der Waals surface area (Å²) in [5.41, 5.74) is 3.38. The van der Waals surface area contributed by atoms with E-state index in [1.165, 1.54) is 5.56 Å². The van der Waals surface area contributed by atoms with Gasteiger partial charge in [-0.25, -0.2) is 0 Å². The highest BCUT2D eigenvalue weighted by Crippen LogP contribution is 2.18. The molecule has 0 fully saturated rings. The Kier molecular flexibility index (Phi) is 8.71. The molecule has 5 nitrogen and oxygen atoms in total. The second-order valence-corrected chi connectivity index (χ2v) is 7.08. The average molecular weight is 397 g/mol. The number of rotatable bonds is 10. The van der Waals surface area contributed by atoms with E-state index in [0.717, 1.165) is 23.3 Å². The van der Waals surface area contributed by atoms with E-state index in [-0.39, 0.29) is 11.8 Å². The van der Waals surface area contributed by atoms with Gasteiger partial charge in [0.05, 0.1) is 7.11 Å². The van der Waals surface area contributed by atoms with Crippen LogP contribution in [0, 0.1) is 0 Å². The summed E-state index contributed by atoms with van der Waals surface area (Å²) in [6, 6.07) is 15.5. The third-order valence-corrected chi connectivity index (χ3v) is 5.20. The molecule has 0 unspecified atom stereocenters.